The Hall–Kier alpha value is -5.12. The van der Waals surface area contributed by atoms with Gasteiger partial charge >= 0.3 is 0 Å². The van der Waals surface area contributed by atoms with Crippen molar-refractivity contribution < 1.29 is 0 Å². The number of rotatable bonds is 2. The van der Waals surface area contributed by atoms with Gasteiger partial charge in [-0.1, -0.05) is 145 Å². The molecule has 0 amide bonds. The van der Waals surface area contributed by atoms with Crippen molar-refractivity contribution in [1.29, 1.82) is 0 Å². The summed E-state index contributed by atoms with van der Waals surface area (Å²) in [6.45, 7) is 0. The van der Waals surface area contributed by atoms with Crippen molar-refractivity contribution in [2.75, 3.05) is 0 Å². The Labute approximate surface area is 222 Å². The van der Waals surface area contributed by atoms with Crippen molar-refractivity contribution in [3.05, 3.63) is 157 Å². The summed E-state index contributed by atoms with van der Waals surface area (Å²) in [7, 11) is 0. The zero-order chi connectivity index (χ0) is 25.3. The number of hydrogen-bond acceptors (Lipinski definition) is 0. The van der Waals surface area contributed by atoms with Crippen molar-refractivity contribution in [1.82, 2.24) is 0 Å². The lowest BCUT2D eigenvalue weighted by molar-refractivity contribution is 1.61. The van der Waals surface area contributed by atoms with Crippen LogP contribution in [0.25, 0.3) is 54.6 Å². The van der Waals surface area contributed by atoms with E-state index in [0.29, 0.717) is 0 Å². The summed E-state index contributed by atoms with van der Waals surface area (Å²) in [5, 5.41) is 7.24. The topological polar surface area (TPSA) is 0 Å². The lowest BCUT2D eigenvalue weighted by Crippen LogP contribution is -1.92. The summed E-state index contributed by atoms with van der Waals surface area (Å²) in [5.74, 6) is 7.07. The van der Waals surface area contributed by atoms with Crippen LogP contribution in [0.4, 0.5) is 0 Å². The molecule has 38 heavy (non-hydrogen) atoms. The fourth-order valence-corrected chi connectivity index (χ4v) is 5.53. The molecule has 0 bridgehead atoms. The van der Waals surface area contributed by atoms with Crippen molar-refractivity contribution in [3.8, 4) is 34.1 Å². The Kier molecular flexibility index (Phi) is 5.47. The summed E-state index contributed by atoms with van der Waals surface area (Å²) >= 11 is 0. The Morgan fingerprint density at radius 3 is 1.63 bits per heavy atom. The second-order valence-electron chi connectivity index (χ2n) is 9.56. The number of benzene rings is 7. The van der Waals surface area contributed by atoms with Gasteiger partial charge in [-0.25, -0.2) is 0 Å². The second kappa shape index (κ2) is 9.40. The Bertz CT molecular complexity index is 1960. The summed E-state index contributed by atoms with van der Waals surface area (Å²) in [6.07, 6.45) is 0. The molecular weight excluding hydrogens is 456 g/mol. The van der Waals surface area contributed by atoms with Gasteiger partial charge in [-0.2, -0.15) is 0 Å². The van der Waals surface area contributed by atoms with Gasteiger partial charge in [0.2, 0.25) is 0 Å². The smallest absolute Gasteiger partial charge is 0.0406 e. The van der Waals surface area contributed by atoms with E-state index in [1.807, 2.05) is 0 Å². The van der Waals surface area contributed by atoms with Gasteiger partial charge in [-0.05, 0) is 66.7 Å². The number of fused-ring (bicyclic) bond motifs is 3. The molecule has 0 saturated heterocycles. The van der Waals surface area contributed by atoms with Crippen LogP contribution in [0.15, 0.2) is 146 Å². The van der Waals surface area contributed by atoms with Crippen LogP contribution in [0.5, 0.6) is 0 Å². The van der Waals surface area contributed by atoms with Crippen LogP contribution in [-0.2, 0) is 0 Å². The predicted molar refractivity (Wildman–Crippen MR) is 162 cm³/mol. The van der Waals surface area contributed by atoms with Crippen molar-refractivity contribution in [2.24, 2.45) is 0 Å². The zero-order valence-electron chi connectivity index (χ0n) is 20.9. The molecule has 0 nitrogen and oxygen atoms in total. The first-order chi connectivity index (χ1) is 18.9. The minimum Gasteiger partial charge on any atom is -0.0622 e. The summed E-state index contributed by atoms with van der Waals surface area (Å²) in [6, 6.07) is 51.6. The lowest BCUT2D eigenvalue weighted by atomic mass is 9.85. The van der Waals surface area contributed by atoms with Gasteiger partial charge in [0.1, 0.15) is 0 Å². The molecule has 0 heteroatoms. The molecule has 0 fully saturated rings. The monoisotopic (exact) mass is 480 g/mol. The maximum Gasteiger partial charge on any atom is 0.0406 e. The molecule has 0 radical (unpaired) electrons. The summed E-state index contributed by atoms with van der Waals surface area (Å²) < 4.78 is 0. The van der Waals surface area contributed by atoms with E-state index in [1.54, 1.807) is 0 Å². The van der Waals surface area contributed by atoms with Crippen LogP contribution in [0.3, 0.4) is 0 Å². The molecule has 7 aromatic rings. The normalized spacial score (nSPS) is 10.9. The molecule has 7 rings (SSSR count). The van der Waals surface area contributed by atoms with E-state index in [-0.39, 0.29) is 0 Å². The minimum absolute atomic E-state index is 1.02. The molecule has 0 spiro atoms. The molecule has 0 unspecified atom stereocenters. The first-order valence-electron chi connectivity index (χ1n) is 13.0. The highest BCUT2D eigenvalue weighted by Crippen LogP contribution is 2.42. The molecular formula is C38H24. The van der Waals surface area contributed by atoms with Gasteiger partial charge in [0.15, 0.2) is 0 Å². The van der Waals surface area contributed by atoms with Gasteiger partial charge in [0, 0.05) is 11.1 Å². The van der Waals surface area contributed by atoms with Gasteiger partial charge in [0.05, 0.1) is 0 Å². The predicted octanol–water partition coefficient (Wildman–Crippen LogP) is 9.88. The van der Waals surface area contributed by atoms with Gasteiger partial charge in [-0.15, -0.1) is 0 Å². The van der Waals surface area contributed by atoms with E-state index in [9.17, 15) is 0 Å². The van der Waals surface area contributed by atoms with Gasteiger partial charge in [-0.3, -0.25) is 0 Å². The molecule has 7 aromatic carbocycles. The molecule has 176 valence electrons. The average molecular weight is 481 g/mol. The van der Waals surface area contributed by atoms with E-state index in [1.165, 1.54) is 54.6 Å². The maximum atomic E-state index is 3.59. The van der Waals surface area contributed by atoms with E-state index < -0.39 is 0 Å². The fraction of sp³-hybridized carbons (Fsp3) is 0. The highest BCUT2D eigenvalue weighted by atomic mass is 14.2. The Morgan fingerprint density at radius 1 is 0.368 bits per heavy atom. The third kappa shape index (κ3) is 3.83. The first-order valence-corrected chi connectivity index (χ1v) is 13.0. The molecule has 0 aliphatic carbocycles. The van der Waals surface area contributed by atoms with Crippen LogP contribution in [0.2, 0.25) is 0 Å². The highest BCUT2D eigenvalue weighted by Gasteiger charge is 2.16. The standard InChI is InChI=1S/C38H24/c1-2-13-29(14-3-1)31-16-6-9-19-35(31)38-36-20-10-7-17-32(36)34(33-18-8-11-21-37(33)38)25-23-27-22-24-28-12-4-5-15-30(28)26-27/h1-22,24,26H. The molecule has 0 aliphatic heterocycles. The third-order valence-corrected chi connectivity index (χ3v) is 7.29. The molecule has 0 saturated carbocycles. The van der Waals surface area contributed by atoms with Gasteiger partial charge < -0.3 is 0 Å². The summed E-state index contributed by atoms with van der Waals surface area (Å²) in [5.41, 5.74) is 7.04. The molecule has 0 atom stereocenters. The van der Waals surface area contributed by atoms with Crippen LogP contribution in [-0.4, -0.2) is 0 Å². The first kappa shape index (κ1) is 22.1. The maximum absolute atomic E-state index is 3.59. The highest BCUT2D eigenvalue weighted by molar-refractivity contribution is 6.17. The second-order valence-corrected chi connectivity index (χ2v) is 9.56. The SMILES string of the molecule is C(#Cc1c2ccccc2c(-c2ccccc2-c2ccccc2)c2ccccc12)c1ccc2ccccc2c1. The Morgan fingerprint density at radius 2 is 0.921 bits per heavy atom. The van der Waals surface area contributed by atoms with Crippen molar-refractivity contribution >= 4 is 32.3 Å². The van der Waals surface area contributed by atoms with Crippen LogP contribution in [0.1, 0.15) is 11.1 Å². The van der Waals surface area contributed by atoms with Crippen LogP contribution >= 0.6 is 0 Å². The van der Waals surface area contributed by atoms with E-state index in [2.05, 4.69) is 157 Å². The lowest BCUT2D eigenvalue weighted by Gasteiger charge is -2.17. The van der Waals surface area contributed by atoms with Crippen molar-refractivity contribution in [3.63, 3.8) is 0 Å². The third-order valence-electron chi connectivity index (χ3n) is 7.29. The summed E-state index contributed by atoms with van der Waals surface area (Å²) in [4.78, 5) is 0. The molecule has 0 aliphatic rings. The molecule has 0 aromatic heterocycles. The zero-order valence-corrected chi connectivity index (χ0v) is 20.9. The quantitative estimate of drug-likeness (QED) is 0.171. The largest absolute Gasteiger partial charge is 0.0622 e. The van der Waals surface area contributed by atoms with Crippen molar-refractivity contribution in [2.45, 2.75) is 0 Å². The fourth-order valence-electron chi connectivity index (χ4n) is 5.53. The molecule has 0 heterocycles. The molecule has 0 N–H and O–H groups in total. The van der Waals surface area contributed by atoms with Crippen LogP contribution < -0.4 is 0 Å². The van der Waals surface area contributed by atoms with Crippen LogP contribution in [0, 0.1) is 11.8 Å². The Balaban J connectivity index is 1.51. The number of hydrogen-bond donors (Lipinski definition) is 0. The van der Waals surface area contributed by atoms with E-state index in [4.69, 9.17) is 0 Å². The average Bonchev–Trinajstić information content (AvgIpc) is 2.99. The minimum atomic E-state index is 1.02. The van der Waals surface area contributed by atoms with E-state index in [0.717, 1.165) is 11.1 Å². The van der Waals surface area contributed by atoms with E-state index >= 15 is 0 Å². The van der Waals surface area contributed by atoms with Gasteiger partial charge in [0.25, 0.3) is 0 Å².